The molecule has 1 rings (SSSR count). The zero-order valence-electron chi connectivity index (χ0n) is 7.71. The van der Waals surface area contributed by atoms with Crippen molar-refractivity contribution in [1.29, 1.82) is 0 Å². The molecule has 1 aliphatic heterocycles. The van der Waals surface area contributed by atoms with E-state index in [1.54, 1.807) is 0 Å². The maximum absolute atomic E-state index is 5.47. The molecule has 0 aromatic carbocycles. The Balaban J connectivity index is 2.23. The maximum Gasteiger partial charge on any atom is 0.000976 e. The Morgan fingerprint density at radius 3 is 2.64 bits per heavy atom. The van der Waals surface area contributed by atoms with Gasteiger partial charge in [-0.15, -0.1) is 0 Å². The summed E-state index contributed by atoms with van der Waals surface area (Å²) in [6.07, 6.45) is 2.52. The van der Waals surface area contributed by atoms with Crippen molar-refractivity contribution >= 4 is 0 Å². The minimum atomic E-state index is 0.854. The summed E-state index contributed by atoms with van der Waals surface area (Å²) in [6, 6.07) is 0. The van der Waals surface area contributed by atoms with Crippen molar-refractivity contribution < 1.29 is 0 Å². The fourth-order valence-corrected chi connectivity index (χ4v) is 2.05. The summed E-state index contributed by atoms with van der Waals surface area (Å²) in [5.74, 6) is 1.79. The first kappa shape index (κ1) is 9.01. The normalized spacial score (nSPS) is 33.0. The van der Waals surface area contributed by atoms with E-state index < -0.39 is 0 Å². The second kappa shape index (κ2) is 4.07. The molecule has 2 N–H and O–H groups in total. The molecule has 1 saturated heterocycles. The van der Waals surface area contributed by atoms with Gasteiger partial charge in [-0.05, 0) is 38.3 Å². The third-order valence-corrected chi connectivity index (χ3v) is 2.73. The van der Waals surface area contributed by atoms with Crippen LogP contribution in [0.2, 0.25) is 0 Å². The molecule has 0 spiro atoms. The number of hydrogen-bond acceptors (Lipinski definition) is 2. The molecule has 0 aliphatic carbocycles. The smallest absolute Gasteiger partial charge is 0.000976 e. The summed E-state index contributed by atoms with van der Waals surface area (Å²) in [6.45, 7) is 5.76. The third kappa shape index (κ3) is 2.46. The van der Waals surface area contributed by atoms with Crippen LogP contribution in [0.5, 0.6) is 0 Å². The van der Waals surface area contributed by atoms with Gasteiger partial charge in [0.05, 0.1) is 0 Å². The second-order valence-corrected chi connectivity index (χ2v) is 3.89. The zero-order chi connectivity index (χ0) is 8.27. The summed E-state index contributed by atoms with van der Waals surface area (Å²) < 4.78 is 0. The number of nitrogens with two attached hydrogens (primary N) is 1. The summed E-state index contributed by atoms with van der Waals surface area (Å²) in [5.41, 5.74) is 5.47. The van der Waals surface area contributed by atoms with Crippen LogP contribution in [-0.4, -0.2) is 31.6 Å². The minimum Gasteiger partial charge on any atom is -0.330 e. The highest BCUT2D eigenvalue weighted by Crippen LogP contribution is 2.25. The molecule has 11 heavy (non-hydrogen) atoms. The first-order valence-corrected chi connectivity index (χ1v) is 4.62. The number of nitrogens with zero attached hydrogens (tertiary/aromatic N) is 1. The van der Waals surface area contributed by atoms with Crippen molar-refractivity contribution in [2.75, 3.05) is 26.7 Å². The van der Waals surface area contributed by atoms with Crippen molar-refractivity contribution in [3.05, 3.63) is 0 Å². The van der Waals surface area contributed by atoms with Gasteiger partial charge in [0.25, 0.3) is 0 Å². The lowest BCUT2D eigenvalue weighted by Crippen LogP contribution is -2.14. The van der Waals surface area contributed by atoms with E-state index in [4.69, 9.17) is 5.73 Å². The van der Waals surface area contributed by atoms with E-state index in [2.05, 4.69) is 18.9 Å². The number of likely N-dealkylation sites (tertiary alicyclic amines) is 1. The Morgan fingerprint density at radius 1 is 1.45 bits per heavy atom. The molecule has 66 valence electrons. The average Bonchev–Trinajstić information content (AvgIpc) is 2.26. The van der Waals surface area contributed by atoms with E-state index in [1.165, 1.54) is 25.9 Å². The highest BCUT2D eigenvalue weighted by Gasteiger charge is 2.25. The summed E-state index contributed by atoms with van der Waals surface area (Å²) >= 11 is 0. The number of hydrogen-bond donors (Lipinski definition) is 1. The standard InChI is InChI=1S/C9H20N2/c1-8-6-11(2)7-9(8)4-3-5-10/h8-9H,3-7,10H2,1-2H3/t8-,9+/m0/s1. The van der Waals surface area contributed by atoms with Crippen LogP contribution in [0.3, 0.4) is 0 Å². The largest absolute Gasteiger partial charge is 0.330 e. The molecular formula is C9H20N2. The van der Waals surface area contributed by atoms with Gasteiger partial charge in [-0.3, -0.25) is 0 Å². The van der Waals surface area contributed by atoms with E-state index >= 15 is 0 Å². The first-order chi connectivity index (χ1) is 5.24. The van der Waals surface area contributed by atoms with Crippen LogP contribution in [0, 0.1) is 11.8 Å². The molecule has 0 amide bonds. The Labute approximate surface area is 69.8 Å². The van der Waals surface area contributed by atoms with Crippen LogP contribution < -0.4 is 5.73 Å². The van der Waals surface area contributed by atoms with Crippen LogP contribution in [-0.2, 0) is 0 Å². The topological polar surface area (TPSA) is 29.3 Å². The van der Waals surface area contributed by atoms with Crippen LogP contribution in [0.4, 0.5) is 0 Å². The highest BCUT2D eigenvalue weighted by atomic mass is 15.1. The lowest BCUT2D eigenvalue weighted by atomic mass is 9.93. The molecule has 1 heterocycles. The van der Waals surface area contributed by atoms with Crippen LogP contribution in [0.1, 0.15) is 19.8 Å². The molecule has 0 aromatic rings. The van der Waals surface area contributed by atoms with Gasteiger partial charge in [0.15, 0.2) is 0 Å². The molecule has 2 heteroatoms. The van der Waals surface area contributed by atoms with Crippen molar-refractivity contribution in [1.82, 2.24) is 4.90 Å². The van der Waals surface area contributed by atoms with Gasteiger partial charge in [-0.1, -0.05) is 6.92 Å². The molecule has 0 unspecified atom stereocenters. The SMILES string of the molecule is C[C@H]1CN(C)C[C@H]1CCCN. The van der Waals surface area contributed by atoms with Gasteiger partial charge in [-0.25, -0.2) is 0 Å². The highest BCUT2D eigenvalue weighted by molar-refractivity contribution is 4.79. The molecular weight excluding hydrogens is 136 g/mol. The zero-order valence-corrected chi connectivity index (χ0v) is 7.71. The Hall–Kier alpha value is -0.0800. The van der Waals surface area contributed by atoms with Gasteiger partial charge < -0.3 is 10.6 Å². The summed E-state index contributed by atoms with van der Waals surface area (Å²) in [5, 5.41) is 0. The fourth-order valence-electron chi connectivity index (χ4n) is 2.05. The molecule has 0 bridgehead atoms. The van der Waals surface area contributed by atoms with E-state index in [0.29, 0.717) is 0 Å². The number of rotatable bonds is 3. The van der Waals surface area contributed by atoms with E-state index in [-0.39, 0.29) is 0 Å². The molecule has 0 radical (unpaired) electrons. The van der Waals surface area contributed by atoms with Gasteiger partial charge in [0.1, 0.15) is 0 Å². The van der Waals surface area contributed by atoms with Gasteiger partial charge in [-0.2, -0.15) is 0 Å². The molecule has 1 aliphatic rings. The Morgan fingerprint density at radius 2 is 2.18 bits per heavy atom. The van der Waals surface area contributed by atoms with Crippen LogP contribution in [0.15, 0.2) is 0 Å². The Kier molecular flexibility index (Phi) is 3.34. The van der Waals surface area contributed by atoms with Crippen molar-refractivity contribution in [2.24, 2.45) is 17.6 Å². The van der Waals surface area contributed by atoms with Crippen molar-refractivity contribution in [2.45, 2.75) is 19.8 Å². The lowest BCUT2D eigenvalue weighted by molar-refractivity contribution is 0.384. The molecule has 2 nitrogen and oxygen atoms in total. The van der Waals surface area contributed by atoms with Crippen molar-refractivity contribution in [3.8, 4) is 0 Å². The minimum absolute atomic E-state index is 0.854. The monoisotopic (exact) mass is 156 g/mol. The molecule has 0 aromatic heterocycles. The average molecular weight is 156 g/mol. The predicted molar refractivity (Wildman–Crippen MR) is 48.4 cm³/mol. The quantitative estimate of drug-likeness (QED) is 0.658. The maximum atomic E-state index is 5.47. The second-order valence-electron chi connectivity index (χ2n) is 3.89. The molecule has 0 saturated carbocycles. The van der Waals surface area contributed by atoms with E-state index in [1.807, 2.05) is 0 Å². The Bertz CT molecular complexity index is 114. The third-order valence-electron chi connectivity index (χ3n) is 2.73. The van der Waals surface area contributed by atoms with E-state index in [0.717, 1.165) is 18.4 Å². The molecule has 2 atom stereocenters. The van der Waals surface area contributed by atoms with Crippen LogP contribution >= 0.6 is 0 Å². The van der Waals surface area contributed by atoms with Gasteiger partial charge in [0, 0.05) is 13.1 Å². The fraction of sp³-hybridized carbons (Fsp3) is 1.00. The van der Waals surface area contributed by atoms with Crippen LogP contribution in [0.25, 0.3) is 0 Å². The predicted octanol–water partition coefficient (Wildman–Crippen LogP) is 0.923. The van der Waals surface area contributed by atoms with Crippen molar-refractivity contribution in [3.63, 3.8) is 0 Å². The summed E-state index contributed by atoms with van der Waals surface area (Å²) in [4.78, 5) is 2.42. The lowest BCUT2D eigenvalue weighted by Gasteiger charge is -2.12. The summed E-state index contributed by atoms with van der Waals surface area (Å²) in [7, 11) is 2.21. The molecule has 1 fully saturated rings. The first-order valence-electron chi connectivity index (χ1n) is 4.62. The van der Waals surface area contributed by atoms with Gasteiger partial charge >= 0.3 is 0 Å². The van der Waals surface area contributed by atoms with Gasteiger partial charge in [0.2, 0.25) is 0 Å². The van der Waals surface area contributed by atoms with E-state index in [9.17, 15) is 0 Å².